The molecule has 0 saturated carbocycles. The van der Waals surface area contributed by atoms with Gasteiger partial charge in [0.1, 0.15) is 22.0 Å². The molecule has 0 unspecified atom stereocenters. The molecule has 4 aromatic rings. The molecular formula is C35H34Cl2FN3O7S. The predicted molar refractivity (Wildman–Crippen MR) is 180 cm³/mol. The maximum absolute atomic E-state index is 15.2. The molecule has 3 aliphatic heterocycles. The second-order valence-electron chi connectivity index (χ2n) is 12.1. The van der Waals surface area contributed by atoms with Crippen LogP contribution in [0.5, 0.6) is 11.5 Å². The van der Waals surface area contributed by atoms with Crippen LogP contribution in [-0.2, 0) is 17.7 Å². The number of piperidine rings is 3. The quantitative estimate of drug-likeness (QED) is 0.154. The van der Waals surface area contributed by atoms with E-state index in [0.717, 1.165) is 42.0 Å². The van der Waals surface area contributed by atoms with Crippen LogP contribution < -0.4 is 24.2 Å². The molecule has 258 valence electrons. The third-order valence-corrected chi connectivity index (χ3v) is 11.0. The lowest BCUT2D eigenvalue weighted by Crippen LogP contribution is -2.53. The highest BCUT2D eigenvalue weighted by Gasteiger charge is 2.38. The van der Waals surface area contributed by atoms with Gasteiger partial charge < -0.3 is 24.1 Å². The van der Waals surface area contributed by atoms with E-state index in [4.69, 9.17) is 37.4 Å². The summed E-state index contributed by atoms with van der Waals surface area (Å²) < 4.78 is 33.0. The monoisotopic (exact) mass is 729 g/mol. The SMILES string of the molecule is COc1ccc([C@H](Cc2c(Cl)c[n+](O)cc2Cl)c2cc(CN(C(=O)O[C@H]3CN4CCC3CC4)c3ccccc3F)sc2C(=O)[O-])cc1OC. The van der Waals surface area contributed by atoms with Gasteiger partial charge in [0.2, 0.25) is 12.4 Å². The number of thiophene rings is 1. The molecule has 2 atom stereocenters. The summed E-state index contributed by atoms with van der Waals surface area (Å²) in [6, 6.07) is 12.8. The predicted octanol–water partition coefficient (Wildman–Crippen LogP) is 5.71. The Balaban J connectivity index is 1.41. The molecule has 3 aliphatic rings. The van der Waals surface area contributed by atoms with Crippen molar-refractivity contribution in [1.29, 1.82) is 0 Å². The first-order chi connectivity index (χ1) is 23.6. The van der Waals surface area contributed by atoms with E-state index in [1.807, 2.05) is 0 Å². The summed E-state index contributed by atoms with van der Waals surface area (Å²) in [7, 11) is 2.99. The highest BCUT2D eigenvalue weighted by Crippen LogP contribution is 2.41. The van der Waals surface area contributed by atoms with Crippen LogP contribution in [0.2, 0.25) is 10.0 Å². The third-order valence-electron chi connectivity index (χ3n) is 9.18. The number of rotatable bonds is 11. The topological polar surface area (TPSA) is 115 Å². The van der Waals surface area contributed by atoms with Crippen molar-refractivity contribution in [3.63, 3.8) is 0 Å². The Hall–Kier alpha value is -4.10. The number of hydrogen-bond donors (Lipinski definition) is 1. The summed E-state index contributed by atoms with van der Waals surface area (Å²) in [6.45, 7) is 2.37. The molecule has 3 saturated heterocycles. The Morgan fingerprint density at radius 3 is 2.39 bits per heavy atom. The fourth-order valence-corrected chi connectivity index (χ4v) is 8.33. The number of carboxylic acids is 1. The number of methoxy groups -OCH3 is 2. The van der Waals surface area contributed by atoms with E-state index in [-0.39, 0.29) is 45.6 Å². The van der Waals surface area contributed by atoms with Crippen molar-refractivity contribution in [2.24, 2.45) is 5.92 Å². The van der Waals surface area contributed by atoms with E-state index in [1.165, 1.54) is 49.7 Å². The van der Waals surface area contributed by atoms with E-state index in [2.05, 4.69) is 4.90 Å². The van der Waals surface area contributed by atoms with Gasteiger partial charge in [-0.25, -0.2) is 9.18 Å². The zero-order chi connectivity index (χ0) is 34.8. The van der Waals surface area contributed by atoms with Crippen LogP contribution in [0.15, 0.2) is 60.9 Å². The van der Waals surface area contributed by atoms with E-state index in [1.54, 1.807) is 30.3 Å². The Labute approximate surface area is 296 Å². The zero-order valence-electron chi connectivity index (χ0n) is 26.7. The number of para-hydroxylation sites is 1. The molecule has 7 rings (SSSR count). The lowest BCUT2D eigenvalue weighted by molar-refractivity contribution is -0.904. The minimum Gasteiger partial charge on any atom is -0.544 e. The van der Waals surface area contributed by atoms with Crippen LogP contribution in [0.4, 0.5) is 14.9 Å². The molecule has 14 heteroatoms. The number of carbonyl (C=O) groups is 2. The van der Waals surface area contributed by atoms with Crippen molar-refractivity contribution in [2.45, 2.75) is 37.8 Å². The minimum absolute atomic E-state index is 0.00956. The number of ether oxygens (including phenoxy) is 3. The average Bonchev–Trinajstić information content (AvgIpc) is 3.51. The van der Waals surface area contributed by atoms with E-state index >= 15 is 4.39 Å². The lowest BCUT2D eigenvalue weighted by atomic mass is 9.85. The van der Waals surface area contributed by atoms with E-state index < -0.39 is 23.8 Å². The van der Waals surface area contributed by atoms with Gasteiger partial charge in [0.05, 0.1) is 37.3 Å². The van der Waals surface area contributed by atoms with Crippen molar-refractivity contribution in [1.82, 2.24) is 4.90 Å². The summed E-state index contributed by atoms with van der Waals surface area (Å²) in [5, 5.41) is 23.0. The summed E-state index contributed by atoms with van der Waals surface area (Å²) in [5.74, 6) is -1.62. The second kappa shape index (κ2) is 14.8. The smallest absolute Gasteiger partial charge is 0.415 e. The molecule has 10 nitrogen and oxygen atoms in total. The number of carbonyl (C=O) groups excluding carboxylic acids is 2. The van der Waals surface area contributed by atoms with Crippen molar-refractivity contribution in [3.05, 3.63) is 103 Å². The van der Waals surface area contributed by atoms with Gasteiger partial charge in [0.15, 0.2) is 11.5 Å². The first kappa shape index (κ1) is 34.8. The summed E-state index contributed by atoms with van der Waals surface area (Å²) >= 11 is 14.0. The molecule has 5 heterocycles. The molecule has 0 aliphatic carbocycles. The highest BCUT2D eigenvalue weighted by molar-refractivity contribution is 7.14. The Morgan fingerprint density at radius 2 is 1.78 bits per heavy atom. The number of aromatic carboxylic acids is 1. The number of aromatic nitrogens is 1. The standard InChI is InChI=1S/C35H34Cl2FN3O7S/c1-46-30-8-7-21(13-31(30)47-2)23(15-25-26(36)17-40(45)18-27(25)37)24-14-22(49-33(24)34(42)43)16-41(29-6-4-3-5-28(29)38)35(44)48-32-19-39-11-9-20(32)10-12-39/h3-8,13-14,17-18,20,23,32H,9-12,15-16,19H2,1-2H3,(H-,42,43,45)/t23-,32-/m0/s1. The number of carboxylic acid groups (broad SMARTS) is 1. The van der Waals surface area contributed by atoms with Gasteiger partial charge in [0.25, 0.3) is 0 Å². The number of hydrogen-bond acceptors (Lipinski definition) is 9. The molecule has 0 spiro atoms. The molecule has 3 fully saturated rings. The van der Waals surface area contributed by atoms with Gasteiger partial charge in [-0.05, 0) is 79.7 Å². The number of benzene rings is 2. The molecule has 2 bridgehead atoms. The number of halogens is 3. The van der Waals surface area contributed by atoms with Crippen molar-refractivity contribution >= 4 is 52.3 Å². The normalized spacial score (nSPS) is 18.9. The largest absolute Gasteiger partial charge is 0.544 e. The van der Waals surface area contributed by atoms with Crippen LogP contribution in [0.25, 0.3) is 0 Å². The summed E-state index contributed by atoms with van der Waals surface area (Å²) in [5.41, 5.74) is 1.47. The van der Waals surface area contributed by atoms with Crippen LogP contribution in [0.1, 0.15) is 50.0 Å². The van der Waals surface area contributed by atoms with Gasteiger partial charge in [-0.3, -0.25) is 15.0 Å². The molecule has 2 aromatic carbocycles. The summed E-state index contributed by atoms with van der Waals surface area (Å²) in [4.78, 5) is 30.3. The second-order valence-corrected chi connectivity index (χ2v) is 14.0. The van der Waals surface area contributed by atoms with Gasteiger partial charge in [-0.2, -0.15) is 0 Å². The van der Waals surface area contributed by atoms with E-state index in [0.29, 0.717) is 39.6 Å². The van der Waals surface area contributed by atoms with Gasteiger partial charge in [0, 0.05) is 27.6 Å². The molecule has 0 radical (unpaired) electrons. The molecular weight excluding hydrogens is 696 g/mol. The fourth-order valence-electron chi connectivity index (χ4n) is 6.68. The van der Waals surface area contributed by atoms with Crippen molar-refractivity contribution in [3.8, 4) is 11.5 Å². The molecule has 1 N–H and O–H groups in total. The zero-order valence-corrected chi connectivity index (χ0v) is 29.1. The Morgan fingerprint density at radius 1 is 1.08 bits per heavy atom. The highest BCUT2D eigenvalue weighted by atomic mass is 35.5. The third kappa shape index (κ3) is 7.42. The van der Waals surface area contributed by atoms with Crippen LogP contribution >= 0.6 is 34.5 Å². The average molecular weight is 731 g/mol. The maximum Gasteiger partial charge on any atom is 0.415 e. The van der Waals surface area contributed by atoms with Gasteiger partial charge >= 0.3 is 6.09 Å². The van der Waals surface area contributed by atoms with Crippen molar-refractivity contribution in [2.75, 3.05) is 38.8 Å². The van der Waals surface area contributed by atoms with Crippen LogP contribution in [0.3, 0.4) is 0 Å². The number of anilines is 1. The van der Waals surface area contributed by atoms with Gasteiger partial charge in [-0.15, -0.1) is 11.3 Å². The number of nitrogens with zero attached hydrogens (tertiary/aromatic N) is 3. The molecule has 2 aromatic heterocycles. The van der Waals surface area contributed by atoms with Crippen LogP contribution in [0, 0.1) is 11.7 Å². The maximum atomic E-state index is 15.2. The Kier molecular flexibility index (Phi) is 10.5. The Bertz CT molecular complexity index is 1840. The number of pyridine rings is 1. The van der Waals surface area contributed by atoms with E-state index in [9.17, 15) is 19.9 Å². The first-order valence-corrected chi connectivity index (χ1v) is 17.2. The lowest BCUT2D eigenvalue weighted by Gasteiger charge is -2.44. The van der Waals surface area contributed by atoms with Gasteiger partial charge in [-0.1, -0.05) is 41.4 Å². The fraction of sp³-hybridized carbons (Fsp3) is 0.343. The minimum atomic E-state index is -1.43. The number of fused-ring (bicyclic) bond motifs is 3. The molecule has 49 heavy (non-hydrogen) atoms. The molecule has 1 amide bonds. The van der Waals surface area contributed by atoms with Crippen molar-refractivity contribution < 1.29 is 43.2 Å². The van der Waals surface area contributed by atoms with Crippen LogP contribution in [-0.4, -0.2) is 62.1 Å². The number of amides is 1. The first-order valence-electron chi connectivity index (χ1n) is 15.7. The summed E-state index contributed by atoms with van der Waals surface area (Å²) in [6.07, 6.45) is 3.47.